The minimum absolute atomic E-state index is 0.0481. The average molecular weight is 363 g/mol. The van der Waals surface area contributed by atoms with E-state index in [1.54, 1.807) is 6.92 Å². The Labute approximate surface area is 156 Å². The van der Waals surface area contributed by atoms with Crippen LogP contribution in [0.15, 0.2) is 60.7 Å². The molecule has 4 nitrogen and oxygen atoms in total. The molecule has 0 aliphatic heterocycles. The molecular formula is C22H18FNO3. The predicted octanol–water partition coefficient (Wildman–Crippen LogP) is 5.03. The van der Waals surface area contributed by atoms with E-state index in [1.807, 2.05) is 37.3 Å². The predicted molar refractivity (Wildman–Crippen MR) is 104 cm³/mol. The minimum atomic E-state index is -1.31. The number of anilines is 1. The fourth-order valence-electron chi connectivity index (χ4n) is 2.86. The molecule has 0 aliphatic rings. The number of amides is 1. The molecule has 2 N–H and O–H groups in total. The number of hydrogen-bond donors (Lipinski definition) is 2. The first-order valence-corrected chi connectivity index (χ1v) is 8.36. The maximum Gasteiger partial charge on any atom is 0.337 e. The Morgan fingerprint density at radius 3 is 2.44 bits per heavy atom. The van der Waals surface area contributed by atoms with Crippen LogP contribution in [0.1, 0.15) is 28.4 Å². The third kappa shape index (κ3) is 4.20. The van der Waals surface area contributed by atoms with Crippen molar-refractivity contribution < 1.29 is 19.1 Å². The van der Waals surface area contributed by atoms with Gasteiger partial charge >= 0.3 is 5.97 Å². The number of aromatic carboxylic acids is 1. The molecule has 0 aromatic heterocycles. The van der Waals surface area contributed by atoms with Gasteiger partial charge in [0.05, 0.1) is 11.3 Å². The molecule has 3 aromatic carbocycles. The van der Waals surface area contributed by atoms with Gasteiger partial charge in [-0.2, -0.15) is 0 Å². The first kappa shape index (κ1) is 18.3. The highest BCUT2D eigenvalue weighted by atomic mass is 19.1. The van der Waals surface area contributed by atoms with Gasteiger partial charge in [0.25, 0.3) is 0 Å². The number of hydrogen-bond acceptors (Lipinski definition) is 2. The summed E-state index contributed by atoms with van der Waals surface area (Å²) in [4.78, 5) is 23.5. The zero-order valence-corrected chi connectivity index (χ0v) is 14.9. The SMILES string of the molecule is C/C(=C/C(=O)Nc1ccc(F)cc1C(=O)O)c1ccc2cc(C)ccc2c1. The van der Waals surface area contributed by atoms with Crippen LogP contribution in [0.25, 0.3) is 16.3 Å². The van der Waals surface area contributed by atoms with Gasteiger partial charge < -0.3 is 10.4 Å². The van der Waals surface area contributed by atoms with Crippen molar-refractivity contribution in [2.45, 2.75) is 13.8 Å². The molecule has 3 rings (SSSR count). The van der Waals surface area contributed by atoms with Crippen LogP contribution in [0.3, 0.4) is 0 Å². The Balaban J connectivity index is 1.85. The van der Waals surface area contributed by atoms with Crippen molar-refractivity contribution in [3.05, 3.63) is 83.2 Å². The fraction of sp³-hybridized carbons (Fsp3) is 0.0909. The highest BCUT2D eigenvalue weighted by Gasteiger charge is 2.13. The second-order valence-electron chi connectivity index (χ2n) is 6.38. The summed E-state index contributed by atoms with van der Waals surface area (Å²) in [7, 11) is 0. The van der Waals surface area contributed by atoms with Gasteiger partial charge in [-0.15, -0.1) is 0 Å². The lowest BCUT2D eigenvalue weighted by atomic mass is 10.0. The monoisotopic (exact) mass is 363 g/mol. The Morgan fingerprint density at radius 2 is 1.70 bits per heavy atom. The molecule has 136 valence electrons. The third-order valence-corrected chi connectivity index (χ3v) is 4.27. The number of carboxylic acid groups (broad SMARTS) is 1. The maximum atomic E-state index is 13.2. The number of carbonyl (C=O) groups excluding carboxylic acids is 1. The topological polar surface area (TPSA) is 66.4 Å². The second-order valence-corrected chi connectivity index (χ2v) is 6.38. The van der Waals surface area contributed by atoms with Crippen LogP contribution in [-0.2, 0) is 4.79 Å². The molecule has 0 saturated carbocycles. The first-order chi connectivity index (χ1) is 12.8. The summed E-state index contributed by atoms with van der Waals surface area (Å²) in [5.74, 6) is -2.47. The van der Waals surface area contributed by atoms with Crippen molar-refractivity contribution in [2.75, 3.05) is 5.32 Å². The van der Waals surface area contributed by atoms with E-state index >= 15 is 0 Å². The molecule has 1 amide bonds. The van der Waals surface area contributed by atoms with E-state index in [1.165, 1.54) is 17.7 Å². The maximum absolute atomic E-state index is 13.2. The molecule has 0 aliphatic carbocycles. The molecule has 0 heterocycles. The van der Waals surface area contributed by atoms with Crippen molar-refractivity contribution in [3.8, 4) is 0 Å². The van der Waals surface area contributed by atoms with Crippen LogP contribution in [0.2, 0.25) is 0 Å². The number of carboxylic acids is 1. The van der Waals surface area contributed by atoms with E-state index in [0.29, 0.717) is 0 Å². The van der Waals surface area contributed by atoms with Gasteiger partial charge in [0.2, 0.25) is 5.91 Å². The first-order valence-electron chi connectivity index (χ1n) is 8.36. The summed E-state index contributed by atoms with van der Waals surface area (Å²) in [6.45, 7) is 3.83. The molecule has 5 heteroatoms. The molecule has 3 aromatic rings. The lowest BCUT2D eigenvalue weighted by Crippen LogP contribution is -2.12. The minimum Gasteiger partial charge on any atom is -0.478 e. The summed E-state index contributed by atoms with van der Waals surface area (Å²) in [6.07, 6.45) is 1.39. The van der Waals surface area contributed by atoms with Crippen LogP contribution in [-0.4, -0.2) is 17.0 Å². The molecule has 0 bridgehead atoms. The van der Waals surface area contributed by atoms with E-state index < -0.39 is 17.7 Å². The van der Waals surface area contributed by atoms with Gasteiger partial charge in [-0.1, -0.05) is 35.9 Å². The molecule has 0 atom stereocenters. The van der Waals surface area contributed by atoms with E-state index in [0.717, 1.165) is 34.0 Å². The average Bonchev–Trinajstić information content (AvgIpc) is 2.62. The lowest BCUT2D eigenvalue weighted by Gasteiger charge is -2.08. The van der Waals surface area contributed by atoms with Crippen LogP contribution < -0.4 is 5.32 Å². The number of carbonyl (C=O) groups is 2. The largest absolute Gasteiger partial charge is 0.478 e. The van der Waals surface area contributed by atoms with E-state index in [4.69, 9.17) is 5.11 Å². The number of aryl methyl sites for hydroxylation is 1. The second kappa shape index (κ2) is 7.41. The third-order valence-electron chi connectivity index (χ3n) is 4.27. The molecule has 0 saturated heterocycles. The standard InChI is InChI=1S/C22H18FNO3/c1-13-3-4-17-11-15(5-6-16(17)9-13)14(2)10-21(25)24-20-8-7-18(23)12-19(20)22(26)27/h3-12H,1-2H3,(H,24,25)(H,26,27)/b14-10-. The van der Waals surface area contributed by atoms with Gasteiger partial charge in [0.1, 0.15) is 5.82 Å². The Hall–Kier alpha value is -3.47. The molecule has 0 fully saturated rings. The van der Waals surface area contributed by atoms with Crippen molar-refractivity contribution in [2.24, 2.45) is 0 Å². The van der Waals surface area contributed by atoms with Crippen molar-refractivity contribution in [1.29, 1.82) is 0 Å². The summed E-state index contributed by atoms with van der Waals surface area (Å²) in [5.41, 5.74) is 2.55. The zero-order chi connectivity index (χ0) is 19.6. The van der Waals surface area contributed by atoms with Crippen LogP contribution in [0.5, 0.6) is 0 Å². The van der Waals surface area contributed by atoms with Crippen molar-refractivity contribution >= 4 is 33.9 Å². The smallest absolute Gasteiger partial charge is 0.337 e. The number of fused-ring (bicyclic) bond motifs is 1. The zero-order valence-electron chi connectivity index (χ0n) is 14.9. The van der Waals surface area contributed by atoms with Crippen molar-refractivity contribution in [3.63, 3.8) is 0 Å². The normalized spacial score (nSPS) is 11.4. The number of benzene rings is 3. The van der Waals surface area contributed by atoms with Crippen molar-refractivity contribution in [1.82, 2.24) is 0 Å². The highest BCUT2D eigenvalue weighted by Crippen LogP contribution is 2.23. The summed E-state index contributed by atoms with van der Waals surface area (Å²) in [6, 6.07) is 15.3. The van der Waals surface area contributed by atoms with Gasteiger partial charge in [-0.25, -0.2) is 9.18 Å². The molecule has 27 heavy (non-hydrogen) atoms. The number of rotatable bonds is 4. The number of nitrogens with one attached hydrogen (secondary N) is 1. The van der Waals surface area contributed by atoms with Gasteiger partial charge in [0.15, 0.2) is 0 Å². The number of halogens is 1. The lowest BCUT2D eigenvalue weighted by molar-refractivity contribution is -0.111. The molecule has 0 unspecified atom stereocenters. The van der Waals surface area contributed by atoms with Gasteiger partial charge in [0, 0.05) is 6.08 Å². The van der Waals surface area contributed by atoms with E-state index in [2.05, 4.69) is 11.4 Å². The summed E-state index contributed by atoms with van der Waals surface area (Å²) < 4.78 is 13.2. The Morgan fingerprint density at radius 1 is 1.00 bits per heavy atom. The summed E-state index contributed by atoms with van der Waals surface area (Å²) >= 11 is 0. The van der Waals surface area contributed by atoms with Crippen LogP contribution >= 0.6 is 0 Å². The summed E-state index contributed by atoms with van der Waals surface area (Å²) in [5, 5.41) is 13.8. The van der Waals surface area contributed by atoms with Crippen LogP contribution in [0.4, 0.5) is 10.1 Å². The van der Waals surface area contributed by atoms with Gasteiger partial charge in [-0.05, 0) is 60.0 Å². The molecular weight excluding hydrogens is 345 g/mol. The van der Waals surface area contributed by atoms with E-state index in [9.17, 15) is 14.0 Å². The van der Waals surface area contributed by atoms with Crippen LogP contribution in [0, 0.1) is 12.7 Å². The fourth-order valence-corrected chi connectivity index (χ4v) is 2.86. The number of allylic oxidation sites excluding steroid dienone is 1. The molecule has 0 radical (unpaired) electrons. The highest BCUT2D eigenvalue weighted by molar-refractivity contribution is 6.07. The Kier molecular flexibility index (Phi) is 5.03. The van der Waals surface area contributed by atoms with Gasteiger partial charge in [-0.3, -0.25) is 4.79 Å². The quantitative estimate of drug-likeness (QED) is 0.639. The Bertz CT molecular complexity index is 1090. The van der Waals surface area contributed by atoms with E-state index in [-0.39, 0.29) is 11.3 Å². The molecule has 0 spiro atoms.